The lowest BCUT2D eigenvalue weighted by Crippen LogP contribution is -2.29. The van der Waals surface area contributed by atoms with Crippen LogP contribution in [-0.4, -0.2) is 28.5 Å². The van der Waals surface area contributed by atoms with E-state index < -0.39 is 0 Å². The van der Waals surface area contributed by atoms with Gasteiger partial charge in [0.05, 0.1) is 12.2 Å². The van der Waals surface area contributed by atoms with E-state index in [9.17, 15) is 0 Å². The summed E-state index contributed by atoms with van der Waals surface area (Å²) in [7, 11) is 3.94. The molecule has 4 heteroatoms. The van der Waals surface area contributed by atoms with Crippen molar-refractivity contribution < 1.29 is 0 Å². The molecule has 0 fully saturated rings. The number of nitrogens with zero attached hydrogens (tertiary/aromatic N) is 3. The monoisotopic (exact) mass is 190 g/mol. The number of hydrogen-bond donors (Lipinski definition) is 1. The Hall–Kier alpha value is -1.39. The topological polar surface area (TPSA) is 32.6 Å². The molecule has 0 aromatic carbocycles. The van der Waals surface area contributed by atoms with E-state index in [-0.39, 0.29) is 0 Å². The van der Waals surface area contributed by atoms with E-state index in [1.54, 1.807) is 0 Å². The molecule has 0 aliphatic heterocycles. The Bertz CT molecular complexity index is 386. The van der Waals surface area contributed by atoms with Crippen molar-refractivity contribution in [3.8, 4) is 0 Å². The Kier molecular flexibility index (Phi) is 2.47. The van der Waals surface area contributed by atoms with E-state index in [0.29, 0.717) is 0 Å². The van der Waals surface area contributed by atoms with Crippen molar-refractivity contribution >= 4 is 5.65 Å². The minimum atomic E-state index is 0.759. The minimum Gasteiger partial charge on any atom is -0.307 e. The van der Waals surface area contributed by atoms with E-state index in [1.807, 2.05) is 54.1 Å². The fraction of sp³-hybridized carbons (Fsp3) is 0.300. The van der Waals surface area contributed by atoms with Crippen molar-refractivity contribution in [1.29, 1.82) is 0 Å². The Labute approximate surface area is 83.1 Å². The fourth-order valence-electron chi connectivity index (χ4n) is 1.31. The number of imidazole rings is 1. The first-order chi connectivity index (χ1) is 6.75. The number of aromatic nitrogens is 2. The lowest BCUT2D eigenvalue weighted by molar-refractivity contribution is 0.284. The van der Waals surface area contributed by atoms with E-state index in [2.05, 4.69) is 10.4 Å². The quantitative estimate of drug-likeness (QED) is 0.730. The van der Waals surface area contributed by atoms with Crippen molar-refractivity contribution in [2.75, 3.05) is 14.1 Å². The highest BCUT2D eigenvalue weighted by molar-refractivity contribution is 5.39. The molecule has 4 nitrogen and oxygen atoms in total. The molecule has 0 saturated carbocycles. The molecule has 0 saturated heterocycles. The Morgan fingerprint density at radius 2 is 2.29 bits per heavy atom. The van der Waals surface area contributed by atoms with Crippen molar-refractivity contribution in [3.05, 3.63) is 36.3 Å². The molecule has 74 valence electrons. The molecule has 2 heterocycles. The smallest absolute Gasteiger partial charge is 0.137 e. The van der Waals surface area contributed by atoms with Crippen LogP contribution in [0.25, 0.3) is 5.65 Å². The van der Waals surface area contributed by atoms with Gasteiger partial charge in [-0.25, -0.2) is 10.4 Å². The maximum Gasteiger partial charge on any atom is 0.137 e. The Morgan fingerprint density at radius 1 is 1.43 bits per heavy atom. The number of pyridine rings is 1. The summed E-state index contributed by atoms with van der Waals surface area (Å²) in [6, 6.07) is 5.99. The summed E-state index contributed by atoms with van der Waals surface area (Å²) in [5, 5.41) is 1.92. The van der Waals surface area contributed by atoms with Crippen molar-refractivity contribution in [2.24, 2.45) is 0 Å². The van der Waals surface area contributed by atoms with Gasteiger partial charge in [-0.15, -0.1) is 0 Å². The van der Waals surface area contributed by atoms with Gasteiger partial charge in [-0.2, -0.15) is 0 Å². The first kappa shape index (κ1) is 9.18. The summed E-state index contributed by atoms with van der Waals surface area (Å²) in [4.78, 5) is 4.46. The zero-order chi connectivity index (χ0) is 9.97. The highest BCUT2D eigenvalue weighted by Crippen LogP contribution is 2.03. The van der Waals surface area contributed by atoms with Crippen LogP contribution in [0.4, 0.5) is 0 Å². The van der Waals surface area contributed by atoms with Crippen LogP contribution in [0.1, 0.15) is 5.69 Å². The summed E-state index contributed by atoms with van der Waals surface area (Å²) in [5.74, 6) is 0. The zero-order valence-electron chi connectivity index (χ0n) is 8.44. The molecule has 2 aromatic heterocycles. The second-order valence-electron chi connectivity index (χ2n) is 3.43. The molecule has 0 radical (unpaired) electrons. The van der Waals surface area contributed by atoms with Crippen LogP contribution in [0.5, 0.6) is 0 Å². The van der Waals surface area contributed by atoms with Gasteiger partial charge in [0.2, 0.25) is 0 Å². The molecule has 2 aromatic rings. The zero-order valence-corrected chi connectivity index (χ0v) is 8.44. The molecule has 0 amide bonds. The molecule has 0 spiro atoms. The summed E-state index contributed by atoms with van der Waals surface area (Å²) in [6.45, 7) is 0.759. The number of hydrogen-bond acceptors (Lipinski definition) is 3. The molecule has 14 heavy (non-hydrogen) atoms. The molecule has 2 rings (SSSR count). The predicted octanol–water partition coefficient (Wildman–Crippen LogP) is 0.900. The summed E-state index contributed by atoms with van der Waals surface area (Å²) in [5.41, 5.74) is 5.22. The molecule has 1 N–H and O–H groups in total. The molecule has 0 unspecified atom stereocenters. The standard InChI is InChI=1S/C10H14N4/c1-13(2)11-7-9-8-14-6-4-3-5-10(14)12-9/h3-6,8,11H,7H2,1-2H3. The fourth-order valence-corrected chi connectivity index (χ4v) is 1.31. The van der Waals surface area contributed by atoms with Gasteiger partial charge in [0.25, 0.3) is 0 Å². The third-order valence-electron chi connectivity index (χ3n) is 1.99. The maximum atomic E-state index is 4.46. The molecule has 0 bridgehead atoms. The third-order valence-corrected chi connectivity index (χ3v) is 1.99. The molecular formula is C10H14N4. The van der Waals surface area contributed by atoms with Gasteiger partial charge in [-0.3, -0.25) is 5.01 Å². The van der Waals surface area contributed by atoms with Gasteiger partial charge in [-0.05, 0) is 12.1 Å². The van der Waals surface area contributed by atoms with Crippen LogP contribution in [0.15, 0.2) is 30.6 Å². The van der Waals surface area contributed by atoms with Crippen molar-refractivity contribution in [1.82, 2.24) is 19.8 Å². The lowest BCUT2D eigenvalue weighted by atomic mass is 10.5. The van der Waals surface area contributed by atoms with Crippen molar-refractivity contribution in [3.63, 3.8) is 0 Å². The van der Waals surface area contributed by atoms with Crippen LogP contribution in [0.3, 0.4) is 0 Å². The first-order valence-electron chi connectivity index (χ1n) is 4.59. The average Bonchev–Trinajstić information content (AvgIpc) is 2.57. The van der Waals surface area contributed by atoms with Gasteiger partial charge in [0.1, 0.15) is 5.65 Å². The van der Waals surface area contributed by atoms with Crippen LogP contribution in [0, 0.1) is 0 Å². The first-order valence-corrected chi connectivity index (χ1v) is 4.59. The third kappa shape index (κ3) is 1.92. The van der Waals surface area contributed by atoms with Gasteiger partial charge >= 0.3 is 0 Å². The van der Waals surface area contributed by atoms with E-state index >= 15 is 0 Å². The van der Waals surface area contributed by atoms with E-state index in [4.69, 9.17) is 0 Å². The molecular weight excluding hydrogens is 176 g/mol. The molecule has 0 aliphatic rings. The second kappa shape index (κ2) is 3.77. The average molecular weight is 190 g/mol. The number of rotatable bonds is 3. The van der Waals surface area contributed by atoms with Gasteiger partial charge in [0.15, 0.2) is 0 Å². The Morgan fingerprint density at radius 3 is 3.00 bits per heavy atom. The normalized spacial score (nSPS) is 11.4. The van der Waals surface area contributed by atoms with Crippen LogP contribution in [0.2, 0.25) is 0 Å². The summed E-state index contributed by atoms with van der Waals surface area (Å²) >= 11 is 0. The SMILES string of the molecule is CN(C)NCc1cn2ccccc2n1. The van der Waals surface area contributed by atoms with Gasteiger partial charge in [0, 0.05) is 26.5 Å². The van der Waals surface area contributed by atoms with E-state index in [1.165, 1.54) is 0 Å². The lowest BCUT2D eigenvalue weighted by Gasteiger charge is -2.09. The predicted molar refractivity (Wildman–Crippen MR) is 55.7 cm³/mol. The van der Waals surface area contributed by atoms with Gasteiger partial charge < -0.3 is 4.40 Å². The van der Waals surface area contributed by atoms with Gasteiger partial charge in [-0.1, -0.05) is 6.07 Å². The highest BCUT2D eigenvalue weighted by atomic mass is 15.5. The highest BCUT2D eigenvalue weighted by Gasteiger charge is 1.99. The van der Waals surface area contributed by atoms with E-state index in [0.717, 1.165) is 17.9 Å². The molecule has 0 atom stereocenters. The second-order valence-corrected chi connectivity index (χ2v) is 3.43. The summed E-state index contributed by atoms with van der Waals surface area (Å²) in [6.07, 6.45) is 4.04. The molecule has 0 aliphatic carbocycles. The number of hydrazine groups is 1. The van der Waals surface area contributed by atoms with Crippen LogP contribution >= 0.6 is 0 Å². The number of nitrogens with one attached hydrogen (secondary N) is 1. The summed E-state index contributed by atoms with van der Waals surface area (Å²) < 4.78 is 2.02. The number of fused-ring (bicyclic) bond motifs is 1. The van der Waals surface area contributed by atoms with Crippen LogP contribution in [-0.2, 0) is 6.54 Å². The Balaban J connectivity index is 2.19. The maximum absolute atomic E-state index is 4.46. The largest absolute Gasteiger partial charge is 0.307 e. The van der Waals surface area contributed by atoms with Crippen molar-refractivity contribution in [2.45, 2.75) is 6.54 Å². The minimum absolute atomic E-state index is 0.759. The van der Waals surface area contributed by atoms with Crippen LogP contribution < -0.4 is 5.43 Å².